The second kappa shape index (κ2) is 7.68. The first-order chi connectivity index (χ1) is 11.9. The Morgan fingerprint density at radius 3 is 2.31 bits per heavy atom. The molecule has 1 aliphatic rings. The van der Waals surface area contributed by atoms with E-state index in [9.17, 15) is 9.59 Å². The maximum absolute atomic E-state index is 12.6. The number of alkyl carbamates (subject to hydrolysis) is 1. The lowest BCUT2D eigenvalue weighted by atomic mass is 9.94. The van der Waals surface area contributed by atoms with E-state index in [4.69, 9.17) is 9.47 Å². The van der Waals surface area contributed by atoms with Crippen molar-refractivity contribution in [3.63, 3.8) is 0 Å². The van der Waals surface area contributed by atoms with E-state index in [1.807, 2.05) is 0 Å². The predicted molar refractivity (Wildman–Crippen MR) is 97.9 cm³/mol. The summed E-state index contributed by atoms with van der Waals surface area (Å²) in [6.45, 7) is 10.7. The van der Waals surface area contributed by atoms with Crippen molar-refractivity contribution in [2.24, 2.45) is 0 Å². The fourth-order valence-corrected chi connectivity index (χ4v) is 2.93. The molecule has 1 aromatic rings. The summed E-state index contributed by atoms with van der Waals surface area (Å²) < 4.78 is 10.8. The molecule has 26 heavy (non-hydrogen) atoms. The number of hydrogen-bond acceptors (Lipinski definition) is 5. The Kier molecular flexibility index (Phi) is 5.98. The van der Waals surface area contributed by atoms with Crippen molar-refractivity contribution in [2.45, 2.75) is 90.9 Å². The lowest BCUT2D eigenvalue weighted by Crippen LogP contribution is -2.47. The van der Waals surface area contributed by atoms with Gasteiger partial charge in [-0.3, -0.25) is 5.10 Å². The molecule has 1 aromatic heterocycles. The maximum atomic E-state index is 12.6. The molecule has 0 spiro atoms. The van der Waals surface area contributed by atoms with Gasteiger partial charge in [0.2, 0.25) is 0 Å². The monoisotopic (exact) mass is 365 g/mol. The van der Waals surface area contributed by atoms with Gasteiger partial charge < -0.3 is 14.8 Å². The number of nitrogens with one attached hydrogen (secondary N) is 2. The number of H-pyrrole nitrogens is 1. The van der Waals surface area contributed by atoms with Crippen LogP contribution in [0.3, 0.4) is 0 Å². The number of nitrogens with zero attached hydrogens (tertiary/aromatic N) is 1. The fourth-order valence-electron chi connectivity index (χ4n) is 2.93. The van der Waals surface area contributed by atoms with Gasteiger partial charge >= 0.3 is 12.1 Å². The predicted octanol–water partition coefficient (Wildman–Crippen LogP) is 3.07. The van der Waals surface area contributed by atoms with Crippen LogP contribution in [0.15, 0.2) is 0 Å². The molecule has 0 fully saturated rings. The molecule has 0 aromatic carbocycles. The van der Waals surface area contributed by atoms with Gasteiger partial charge in [-0.15, -0.1) is 0 Å². The minimum atomic E-state index is -0.849. The Morgan fingerprint density at radius 2 is 1.69 bits per heavy atom. The number of esters is 1. The number of aromatic nitrogens is 2. The minimum Gasteiger partial charge on any atom is -0.458 e. The number of aryl methyl sites for hydroxylation is 1. The summed E-state index contributed by atoms with van der Waals surface area (Å²) in [6.07, 6.45) is 3.79. The van der Waals surface area contributed by atoms with Crippen LogP contribution in [0.1, 0.15) is 71.3 Å². The van der Waals surface area contributed by atoms with Crippen LogP contribution in [0.4, 0.5) is 4.79 Å². The van der Waals surface area contributed by atoms with Crippen molar-refractivity contribution in [1.29, 1.82) is 0 Å². The van der Waals surface area contributed by atoms with Gasteiger partial charge in [-0.25, -0.2) is 9.59 Å². The van der Waals surface area contributed by atoms with Crippen molar-refractivity contribution in [2.75, 3.05) is 0 Å². The zero-order valence-corrected chi connectivity index (χ0v) is 16.7. The van der Waals surface area contributed by atoms with Crippen LogP contribution >= 0.6 is 0 Å². The van der Waals surface area contributed by atoms with E-state index in [1.165, 1.54) is 0 Å². The molecule has 1 aliphatic carbocycles. The summed E-state index contributed by atoms with van der Waals surface area (Å²) in [5.74, 6) is -0.490. The Labute approximate surface area is 155 Å². The van der Waals surface area contributed by atoms with Crippen LogP contribution in [0.25, 0.3) is 0 Å². The van der Waals surface area contributed by atoms with E-state index in [-0.39, 0.29) is 6.42 Å². The van der Waals surface area contributed by atoms with Gasteiger partial charge in [-0.2, -0.15) is 5.10 Å². The highest BCUT2D eigenvalue weighted by Crippen LogP contribution is 2.23. The molecule has 0 aliphatic heterocycles. The first kappa shape index (κ1) is 20.3. The summed E-state index contributed by atoms with van der Waals surface area (Å²) in [5.41, 5.74) is 1.82. The molecular weight excluding hydrogens is 334 g/mol. The molecule has 1 amide bonds. The number of hydrogen-bond donors (Lipinski definition) is 2. The highest BCUT2D eigenvalue weighted by molar-refractivity contribution is 5.82. The van der Waals surface area contributed by atoms with Crippen molar-refractivity contribution in [1.82, 2.24) is 15.5 Å². The molecule has 7 nitrogen and oxygen atoms in total. The Balaban J connectivity index is 2.16. The molecule has 0 unspecified atom stereocenters. The highest BCUT2D eigenvalue weighted by atomic mass is 16.6. The first-order valence-corrected chi connectivity index (χ1v) is 9.22. The Morgan fingerprint density at radius 1 is 1.08 bits per heavy atom. The van der Waals surface area contributed by atoms with E-state index in [1.54, 1.807) is 41.5 Å². The highest BCUT2D eigenvalue weighted by Gasteiger charge is 2.31. The second-order valence-electron chi connectivity index (χ2n) is 8.77. The van der Waals surface area contributed by atoms with Gasteiger partial charge in [0.1, 0.15) is 17.2 Å². The van der Waals surface area contributed by atoms with Gasteiger partial charge in [0, 0.05) is 12.1 Å². The van der Waals surface area contributed by atoms with E-state index < -0.39 is 29.3 Å². The normalized spacial score (nSPS) is 15.8. The molecule has 2 N–H and O–H groups in total. The van der Waals surface area contributed by atoms with Crippen molar-refractivity contribution in [3.8, 4) is 0 Å². The second-order valence-corrected chi connectivity index (χ2v) is 8.77. The number of fused-ring (bicyclic) bond motifs is 1. The smallest absolute Gasteiger partial charge is 0.408 e. The molecule has 0 radical (unpaired) electrons. The van der Waals surface area contributed by atoms with Gasteiger partial charge in [0.15, 0.2) is 0 Å². The third-order valence-electron chi connectivity index (χ3n) is 3.92. The molecule has 0 bridgehead atoms. The number of rotatable bonds is 4. The minimum absolute atomic E-state index is 0.278. The molecule has 1 heterocycles. The van der Waals surface area contributed by atoms with E-state index in [0.717, 1.165) is 42.6 Å². The lowest BCUT2D eigenvalue weighted by Gasteiger charge is -2.26. The zero-order valence-electron chi connectivity index (χ0n) is 16.7. The largest absolute Gasteiger partial charge is 0.458 e. The van der Waals surface area contributed by atoms with Crippen molar-refractivity contribution >= 4 is 12.1 Å². The molecular formula is C19H31N3O4. The molecule has 2 rings (SSSR count). The van der Waals surface area contributed by atoms with Crippen LogP contribution in [0, 0.1) is 0 Å². The fraction of sp³-hybridized carbons (Fsp3) is 0.737. The van der Waals surface area contributed by atoms with Crippen LogP contribution < -0.4 is 5.32 Å². The van der Waals surface area contributed by atoms with Crippen LogP contribution in [0.5, 0.6) is 0 Å². The average molecular weight is 365 g/mol. The topological polar surface area (TPSA) is 93.3 Å². The van der Waals surface area contributed by atoms with Crippen molar-refractivity contribution in [3.05, 3.63) is 17.0 Å². The lowest BCUT2D eigenvalue weighted by molar-refractivity contribution is -0.157. The van der Waals surface area contributed by atoms with Gasteiger partial charge in [0.05, 0.1) is 5.69 Å². The molecule has 0 saturated carbocycles. The third-order valence-corrected chi connectivity index (χ3v) is 3.92. The number of amides is 1. The van der Waals surface area contributed by atoms with Gasteiger partial charge in [0.25, 0.3) is 0 Å². The van der Waals surface area contributed by atoms with E-state index in [0.29, 0.717) is 0 Å². The van der Waals surface area contributed by atoms with Crippen LogP contribution in [0.2, 0.25) is 0 Å². The Bertz CT molecular complexity index is 653. The number of ether oxygens (including phenoxy) is 2. The molecule has 7 heteroatoms. The standard InChI is InChI=1S/C19H31N3O4/c1-18(2,3)25-16(23)15(20-17(24)26-19(4,5)6)11-14-12-9-7-8-10-13(12)21-22-14/h15H,7-11H2,1-6H3,(H,20,24)(H,21,22)/t15-/m0/s1. The molecule has 146 valence electrons. The summed E-state index contributed by atoms with van der Waals surface area (Å²) in [7, 11) is 0. The van der Waals surface area contributed by atoms with E-state index >= 15 is 0 Å². The summed E-state index contributed by atoms with van der Waals surface area (Å²) in [6, 6.07) is -0.849. The quantitative estimate of drug-likeness (QED) is 0.800. The number of carbonyl (C=O) groups excluding carboxylic acids is 2. The summed E-state index contributed by atoms with van der Waals surface area (Å²) in [4.78, 5) is 24.8. The summed E-state index contributed by atoms with van der Waals surface area (Å²) >= 11 is 0. The van der Waals surface area contributed by atoms with Crippen LogP contribution in [-0.4, -0.2) is 39.5 Å². The van der Waals surface area contributed by atoms with Crippen LogP contribution in [-0.2, 0) is 33.5 Å². The maximum Gasteiger partial charge on any atom is 0.408 e. The SMILES string of the molecule is CC(C)(C)OC(=O)N[C@@H](Cc1n[nH]c2c1CCCC2)C(=O)OC(C)(C)C. The van der Waals surface area contributed by atoms with Gasteiger partial charge in [-0.05, 0) is 72.8 Å². The van der Waals surface area contributed by atoms with E-state index in [2.05, 4.69) is 15.5 Å². The molecule has 0 saturated heterocycles. The summed E-state index contributed by atoms with van der Waals surface area (Å²) in [5, 5.41) is 10.1. The first-order valence-electron chi connectivity index (χ1n) is 9.22. The number of carbonyl (C=O) groups is 2. The number of aromatic amines is 1. The Hall–Kier alpha value is -2.05. The zero-order chi connectivity index (χ0) is 19.5. The molecule has 1 atom stereocenters. The average Bonchev–Trinajstić information content (AvgIpc) is 2.86. The van der Waals surface area contributed by atoms with Gasteiger partial charge in [-0.1, -0.05) is 0 Å². The van der Waals surface area contributed by atoms with Crippen molar-refractivity contribution < 1.29 is 19.1 Å². The third kappa shape index (κ3) is 6.04.